The highest BCUT2D eigenvalue weighted by molar-refractivity contribution is 5.84. The number of guanidine groups is 1. The second-order valence-electron chi connectivity index (χ2n) is 7.49. The van der Waals surface area contributed by atoms with Crippen molar-refractivity contribution in [2.75, 3.05) is 27.2 Å². The van der Waals surface area contributed by atoms with E-state index in [0.717, 1.165) is 25.5 Å². The third kappa shape index (κ3) is 4.98. The number of fused-ring (bicyclic) bond motifs is 1. The molecule has 0 fully saturated rings. The summed E-state index contributed by atoms with van der Waals surface area (Å²) in [5.41, 5.74) is 3.88. The first-order valence-corrected chi connectivity index (χ1v) is 8.90. The zero-order chi connectivity index (χ0) is 18.4. The molecule has 0 radical (unpaired) electrons. The highest BCUT2D eigenvalue weighted by atomic mass is 16.5. The largest absolute Gasteiger partial charge is 0.379 e. The molecule has 1 unspecified atom stereocenters. The number of nitrogens with zero attached hydrogens (tertiary/aromatic N) is 1. The number of aromatic amines is 1. The maximum Gasteiger partial charge on any atom is 0.191 e. The lowest BCUT2D eigenvalue weighted by Gasteiger charge is -2.30. The average molecular weight is 345 g/mol. The van der Waals surface area contributed by atoms with Crippen molar-refractivity contribution in [1.82, 2.24) is 15.6 Å². The van der Waals surface area contributed by atoms with E-state index in [1.165, 1.54) is 22.2 Å². The van der Waals surface area contributed by atoms with Crippen LogP contribution in [0.1, 0.15) is 32.0 Å². The number of rotatable bonds is 6. The maximum absolute atomic E-state index is 5.59. The van der Waals surface area contributed by atoms with Gasteiger partial charge in [-0.2, -0.15) is 0 Å². The molecule has 2 aromatic rings. The molecule has 0 bridgehead atoms. The lowest BCUT2D eigenvalue weighted by atomic mass is 9.89. The fourth-order valence-corrected chi connectivity index (χ4v) is 3.12. The van der Waals surface area contributed by atoms with Crippen LogP contribution in [-0.2, 0) is 11.2 Å². The lowest BCUT2D eigenvalue weighted by molar-refractivity contribution is 0.0205. The second-order valence-corrected chi connectivity index (χ2v) is 7.49. The SMILES string of the molecule is CN=C(NCCc1c(C)[nH]c2ccccc12)NCC(OC)C(C)(C)C. The van der Waals surface area contributed by atoms with Crippen LogP contribution in [0.3, 0.4) is 0 Å². The zero-order valence-corrected chi connectivity index (χ0v) is 16.4. The molecule has 1 heterocycles. The lowest BCUT2D eigenvalue weighted by Crippen LogP contribution is -2.45. The van der Waals surface area contributed by atoms with Crippen LogP contribution in [0.4, 0.5) is 0 Å². The molecule has 0 aliphatic rings. The summed E-state index contributed by atoms with van der Waals surface area (Å²) in [5.74, 6) is 0.809. The Bertz CT molecular complexity index is 712. The molecule has 0 aliphatic carbocycles. The summed E-state index contributed by atoms with van der Waals surface area (Å²) in [4.78, 5) is 7.76. The number of H-pyrrole nitrogens is 1. The molecule has 0 saturated carbocycles. The fourth-order valence-electron chi connectivity index (χ4n) is 3.12. The van der Waals surface area contributed by atoms with Gasteiger partial charge in [-0.3, -0.25) is 4.99 Å². The third-order valence-electron chi connectivity index (χ3n) is 4.62. The molecule has 3 N–H and O–H groups in total. The number of nitrogens with one attached hydrogen (secondary N) is 3. The molecule has 1 atom stereocenters. The number of hydrogen-bond acceptors (Lipinski definition) is 2. The number of aryl methyl sites for hydroxylation is 1. The molecular weight excluding hydrogens is 312 g/mol. The van der Waals surface area contributed by atoms with E-state index in [1.807, 2.05) is 0 Å². The number of aliphatic imine (C=N–C) groups is 1. The monoisotopic (exact) mass is 344 g/mol. The highest BCUT2D eigenvalue weighted by Crippen LogP contribution is 2.22. The topological polar surface area (TPSA) is 61.4 Å². The van der Waals surface area contributed by atoms with E-state index >= 15 is 0 Å². The van der Waals surface area contributed by atoms with Crippen LogP contribution in [0, 0.1) is 12.3 Å². The van der Waals surface area contributed by atoms with Crippen LogP contribution in [-0.4, -0.2) is 44.3 Å². The number of aromatic nitrogens is 1. The second kappa shape index (κ2) is 8.39. The van der Waals surface area contributed by atoms with Gasteiger partial charge in [0.25, 0.3) is 0 Å². The maximum atomic E-state index is 5.59. The molecule has 2 rings (SSSR count). The molecule has 0 saturated heterocycles. The zero-order valence-electron chi connectivity index (χ0n) is 16.4. The smallest absolute Gasteiger partial charge is 0.191 e. The van der Waals surface area contributed by atoms with Crippen molar-refractivity contribution in [2.45, 2.75) is 40.2 Å². The number of methoxy groups -OCH3 is 1. The van der Waals surface area contributed by atoms with Crippen molar-refractivity contribution in [1.29, 1.82) is 0 Å². The van der Waals surface area contributed by atoms with E-state index in [0.29, 0.717) is 0 Å². The molecule has 0 aliphatic heterocycles. The first-order chi connectivity index (χ1) is 11.9. The molecule has 138 valence electrons. The average Bonchev–Trinajstić information content (AvgIpc) is 2.88. The van der Waals surface area contributed by atoms with Crippen molar-refractivity contribution in [3.05, 3.63) is 35.5 Å². The Morgan fingerprint density at radius 1 is 1.24 bits per heavy atom. The van der Waals surface area contributed by atoms with E-state index < -0.39 is 0 Å². The molecular formula is C20H32N4O. The summed E-state index contributed by atoms with van der Waals surface area (Å²) >= 11 is 0. The highest BCUT2D eigenvalue weighted by Gasteiger charge is 2.24. The fraction of sp³-hybridized carbons (Fsp3) is 0.550. The summed E-state index contributed by atoms with van der Waals surface area (Å²) in [5, 5.41) is 8.07. The van der Waals surface area contributed by atoms with E-state index in [4.69, 9.17) is 4.74 Å². The summed E-state index contributed by atoms with van der Waals surface area (Å²) in [6.45, 7) is 10.2. The number of para-hydroxylation sites is 1. The van der Waals surface area contributed by atoms with Gasteiger partial charge in [0.2, 0.25) is 0 Å². The predicted molar refractivity (Wildman–Crippen MR) is 106 cm³/mol. The predicted octanol–water partition coefficient (Wildman–Crippen LogP) is 3.24. The van der Waals surface area contributed by atoms with Gasteiger partial charge in [0.1, 0.15) is 0 Å². The minimum Gasteiger partial charge on any atom is -0.379 e. The minimum atomic E-state index is 0.0851. The van der Waals surface area contributed by atoms with Gasteiger partial charge in [0, 0.05) is 43.8 Å². The van der Waals surface area contributed by atoms with Gasteiger partial charge in [0.15, 0.2) is 5.96 Å². The Hall–Kier alpha value is -2.01. The van der Waals surface area contributed by atoms with Crippen molar-refractivity contribution < 1.29 is 4.74 Å². The first kappa shape index (κ1) is 19.3. The van der Waals surface area contributed by atoms with Crippen LogP contribution in [0.2, 0.25) is 0 Å². The molecule has 5 heteroatoms. The van der Waals surface area contributed by atoms with Gasteiger partial charge in [-0.05, 0) is 30.4 Å². The quantitative estimate of drug-likeness (QED) is 0.557. The first-order valence-electron chi connectivity index (χ1n) is 8.90. The van der Waals surface area contributed by atoms with Crippen LogP contribution in [0.5, 0.6) is 0 Å². The van der Waals surface area contributed by atoms with Crippen molar-refractivity contribution in [3.8, 4) is 0 Å². The van der Waals surface area contributed by atoms with E-state index in [-0.39, 0.29) is 11.5 Å². The van der Waals surface area contributed by atoms with Crippen molar-refractivity contribution in [2.24, 2.45) is 10.4 Å². The number of hydrogen-bond donors (Lipinski definition) is 3. The van der Waals surface area contributed by atoms with Gasteiger partial charge in [-0.25, -0.2) is 0 Å². The van der Waals surface area contributed by atoms with E-state index in [1.54, 1.807) is 14.2 Å². The molecule has 1 aromatic heterocycles. The van der Waals surface area contributed by atoms with Gasteiger partial charge >= 0.3 is 0 Å². The van der Waals surface area contributed by atoms with Crippen LogP contribution in [0.15, 0.2) is 29.3 Å². The molecule has 0 amide bonds. The third-order valence-corrected chi connectivity index (χ3v) is 4.62. The van der Waals surface area contributed by atoms with Gasteiger partial charge < -0.3 is 20.4 Å². The van der Waals surface area contributed by atoms with Crippen molar-refractivity contribution in [3.63, 3.8) is 0 Å². The van der Waals surface area contributed by atoms with Gasteiger partial charge in [0.05, 0.1) is 6.10 Å². The molecule has 25 heavy (non-hydrogen) atoms. The standard InChI is InChI=1S/C20H32N4O/c1-14-15(16-9-7-8-10-17(16)24-14)11-12-22-19(21-5)23-13-18(25-6)20(2,3)4/h7-10,18,24H,11-13H2,1-6H3,(H2,21,22,23). The van der Waals surface area contributed by atoms with Crippen molar-refractivity contribution >= 4 is 16.9 Å². The Kier molecular flexibility index (Phi) is 6.48. The summed E-state index contributed by atoms with van der Waals surface area (Å²) in [6, 6.07) is 8.45. The Labute approximate surface area is 151 Å². The van der Waals surface area contributed by atoms with Crippen LogP contribution >= 0.6 is 0 Å². The van der Waals surface area contributed by atoms with E-state index in [9.17, 15) is 0 Å². The van der Waals surface area contributed by atoms with Crippen LogP contribution in [0.25, 0.3) is 10.9 Å². The normalized spacial score (nSPS) is 13.9. The number of ether oxygens (including phenoxy) is 1. The van der Waals surface area contributed by atoms with Crippen LogP contribution < -0.4 is 10.6 Å². The van der Waals surface area contributed by atoms with E-state index in [2.05, 4.69) is 72.6 Å². The molecule has 0 spiro atoms. The summed E-state index contributed by atoms with van der Waals surface area (Å²) in [7, 11) is 3.55. The molecule has 5 nitrogen and oxygen atoms in total. The number of benzene rings is 1. The minimum absolute atomic E-state index is 0.0851. The Morgan fingerprint density at radius 2 is 1.96 bits per heavy atom. The Morgan fingerprint density at radius 3 is 2.60 bits per heavy atom. The van der Waals surface area contributed by atoms with Gasteiger partial charge in [-0.1, -0.05) is 39.0 Å². The Balaban J connectivity index is 1.90. The van der Waals surface area contributed by atoms with Gasteiger partial charge in [-0.15, -0.1) is 0 Å². The summed E-state index contributed by atoms with van der Waals surface area (Å²) in [6.07, 6.45) is 1.07. The summed E-state index contributed by atoms with van der Waals surface area (Å²) < 4.78 is 5.59. The molecule has 1 aromatic carbocycles.